The largest absolute Gasteiger partial charge is 0.493 e. The van der Waals surface area contributed by atoms with Gasteiger partial charge < -0.3 is 14.8 Å². The lowest BCUT2D eigenvalue weighted by molar-refractivity contribution is -0.122. The van der Waals surface area contributed by atoms with E-state index in [0.29, 0.717) is 18.0 Å². The third-order valence-corrected chi connectivity index (χ3v) is 4.67. The molecule has 1 aliphatic heterocycles. The second-order valence-electron chi connectivity index (χ2n) is 5.82. The summed E-state index contributed by atoms with van der Waals surface area (Å²) < 4.78 is 12.3. The molecule has 1 aromatic carbocycles. The van der Waals surface area contributed by atoms with Crippen molar-refractivity contribution in [1.29, 1.82) is 0 Å². The fraction of sp³-hybridized carbons (Fsp3) is 0.444. The van der Waals surface area contributed by atoms with Crippen molar-refractivity contribution >= 4 is 40.6 Å². The number of carbonyl (C=O) groups is 2. The molecule has 25 heavy (non-hydrogen) atoms. The highest BCUT2D eigenvalue weighted by Crippen LogP contribution is 2.35. The SMILES string of the molecule is CCCN1C(=O)N/C(=C/c2cc(I)c(O[C@@H](C)CC)c(OC)c2)C1=O. The maximum Gasteiger partial charge on any atom is 0.329 e. The molecule has 1 aromatic rings. The highest BCUT2D eigenvalue weighted by molar-refractivity contribution is 14.1. The number of benzene rings is 1. The van der Waals surface area contributed by atoms with Crippen LogP contribution in [0.3, 0.4) is 0 Å². The van der Waals surface area contributed by atoms with E-state index in [4.69, 9.17) is 9.47 Å². The van der Waals surface area contributed by atoms with Crippen LogP contribution in [0.1, 0.15) is 39.2 Å². The van der Waals surface area contributed by atoms with E-state index in [1.54, 1.807) is 19.3 Å². The van der Waals surface area contributed by atoms with Crippen molar-refractivity contribution in [3.8, 4) is 11.5 Å². The summed E-state index contributed by atoms with van der Waals surface area (Å²) in [5, 5.41) is 2.62. The Balaban J connectivity index is 2.33. The number of halogens is 1. The highest BCUT2D eigenvalue weighted by atomic mass is 127. The Labute approximate surface area is 161 Å². The van der Waals surface area contributed by atoms with Gasteiger partial charge in [-0.1, -0.05) is 13.8 Å². The first kappa shape index (κ1) is 19.6. The predicted molar refractivity (Wildman–Crippen MR) is 105 cm³/mol. The Bertz CT molecular complexity index is 703. The Kier molecular flexibility index (Phi) is 6.69. The van der Waals surface area contributed by atoms with Crippen LogP contribution in [-0.4, -0.2) is 36.6 Å². The summed E-state index contributed by atoms with van der Waals surface area (Å²) in [6, 6.07) is 3.32. The van der Waals surface area contributed by atoms with Gasteiger partial charge in [-0.3, -0.25) is 9.69 Å². The van der Waals surface area contributed by atoms with Crippen LogP contribution in [0, 0.1) is 3.57 Å². The summed E-state index contributed by atoms with van der Waals surface area (Å²) in [4.78, 5) is 25.4. The quantitative estimate of drug-likeness (QED) is 0.384. The standard InChI is InChI=1S/C18H23IN2O4/c1-5-7-21-17(22)14(20-18(21)23)9-12-8-13(19)16(15(10-12)24-4)25-11(3)6-2/h8-11H,5-7H2,1-4H3,(H,20,23)/b14-9+/t11-/m0/s1. The number of hydrogen-bond donors (Lipinski definition) is 1. The summed E-state index contributed by atoms with van der Waals surface area (Å²) >= 11 is 2.18. The molecule has 2 rings (SSSR count). The van der Waals surface area contributed by atoms with Gasteiger partial charge in [0.15, 0.2) is 11.5 Å². The average Bonchev–Trinajstić information content (AvgIpc) is 2.84. The number of nitrogens with zero attached hydrogens (tertiary/aromatic N) is 1. The maximum atomic E-state index is 12.3. The molecule has 0 aromatic heterocycles. The molecule has 1 saturated heterocycles. The van der Waals surface area contributed by atoms with Gasteiger partial charge in [-0.2, -0.15) is 0 Å². The predicted octanol–water partition coefficient (Wildman–Crippen LogP) is 3.78. The van der Waals surface area contributed by atoms with E-state index in [2.05, 4.69) is 34.8 Å². The molecule has 1 heterocycles. The van der Waals surface area contributed by atoms with Gasteiger partial charge in [0.1, 0.15) is 5.70 Å². The van der Waals surface area contributed by atoms with Gasteiger partial charge in [0.05, 0.1) is 16.8 Å². The molecule has 0 bridgehead atoms. The third-order valence-electron chi connectivity index (χ3n) is 3.87. The molecule has 1 atom stereocenters. The summed E-state index contributed by atoms with van der Waals surface area (Å²) in [7, 11) is 1.58. The molecule has 1 aliphatic rings. The van der Waals surface area contributed by atoms with Crippen molar-refractivity contribution in [3.63, 3.8) is 0 Å². The highest BCUT2D eigenvalue weighted by Gasteiger charge is 2.32. The maximum absolute atomic E-state index is 12.3. The zero-order valence-electron chi connectivity index (χ0n) is 14.9. The molecule has 0 spiro atoms. The van der Waals surface area contributed by atoms with Crippen molar-refractivity contribution < 1.29 is 19.1 Å². The fourth-order valence-electron chi connectivity index (χ4n) is 2.39. The number of carbonyl (C=O) groups excluding carboxylic acids is 2. The first-order valence-electron chi connectivity index (χ1n) is 8.29. The number of methoxy groups -OCH3 is 1. The third kappa shape index (κ3) is 4.45. The van der Waals surface area contributed by atoms with Gasteiger partial charge in [-0.15, -0.1) is 0 Å². The average molecular weight is 458 g/mol. The van der Waals surface area contributed by atoms with E-state index < -0.39 is 0 Å². The van der Waals surface area contributed by atoms with Crippen molar-refractivity contribution in [1.82, 2.24) is 10.2 Å². The fourth-order valence-corrected chi connectivity index (χ4v) is 3.14. The van der Waals surface area contributed by atoms with Crippen molar-refractivity contribution in [2.45, 2.75) is 39.7 Å². The van der Waals surface area contributed by atoms with Crippen LogP contribution in [0.4, 0.5) is 4.79 Å². The van der Waals surface area contributed by atoms with E-state index in [0.717, 1.165) is 22.0 Å². The molecular formula is C18H23IN2O4. The van der Waals surface area contributed by atoms with Gasteiger partial charge in [0, 0.05) is 6.54 Å². The van der Waals surface area contributed by atoms with Crippen LogP contribution in [0.2, 0.25) is 0 Å². The minimum Gasteiger partial charge on any atom is -0.493 e. The zero-order chi connectivity index (χ0) is 18.6. The van der Waals surface area contributed by atoms with Gasteiger partial charge in [-0.25, -0.2) is 4.79 Å². The first-order valence-corrected chi connectivity index (χ1v) is 9.37. The summed E-state index contributed by atoms with van der Waals surface area (Å²) in [6.07, 6.45) is 3.34. The number of rotatable bonds is 7. The zero-order valence-corrected chi connectivity index (χ0v) is 17.0. The van der Waals surface area contributed by atoms with Crippen LogP contribution in [0.25, 0.3) is 6.08 Å². The number of amides is 3. The molecular weight excluding hydrogens is 435 g/mol. The molecule has 0 saturated carbocycles. The number of urea groups is 1. The Morgan fingerprint density at radius 2 is 2.04 bits per heavy atom. The van der Waals surface area contributed by atoms with Gasteiger partial charge >= 0.3 is 6.03 Å². The second-order valence-corrected chi connectivity index (χ2v) is 6.98. The van der Waals surface area contributed by atoms with E-state index >= 15 is 0 Å². The van der Waals surface area contributed by atoms with Gasteiger partial charge in [0.25, 0.3) is 5.91 Å². The molecule has 0 aliphatic carbocycles. The summed E-state index contributed by atoms with van der Waals surface area (Å²) in [6.45, 7) is 6.38. The van der Waals surface area contributed by atoms with Gasteiger partial charge in [0.2, 0.25) is 0 Å². The Hall–Kier alpha value is -1.77. The van der Waals surface area contributed by atoms with Crippen LogP contribution < -0.4 is 14.8 Å². The van der Waals surface area contributed by atoms with E-state index in [9.17, 15) is 9.59 Å². The van der Waals surface area contributed by atoms with Crippen LogP contribution in [-0.2, 0) is 4.79 Å². The molecule has 0 radical (unpaired) electrons. The first-order chi connectivity index (χ1) is 11.9. The van der Waals surface area contributed by atoms with E-state index in [1.165, 1.54) is 4.90 Å². The van der Waals surface area contributed by atoms with Crippen LogP contribution >= 0.6 is 22.6 Å². The Morgan fingerprint density at radius 3 is 2.64 bits per heavy atom. The molecule has 0 unspecified atom stereocenters. The number of nitrogens with one attached hydrogen (secondary N) is 1. The van der Waals surface area contributed by atoms with Crippen molar-refractivity contribution in [2.75, 3.05) is 13.7 Å². The molecule has 136 valence electrons. The molecule has 3 amide bonds. The lowest BCUT2D eigenvalue weighted by Gasteiger charge is -2.17. The molecule has 6 nitrogen and oxygen atoms in total. The summed E-state index contributed by atoms with van der Waals surface area (Å²) in [5.74, 6) is 0.982. The number of ether oxygens (including phenoxy) is 2. The van der Waals surface area contributed by atoms with Crippen LogP contribution in [0.5, 0.6) is 11.5 Å². The normalized spacial score (nSPS) is 17.0. The summed E-state index contributed by atoms with van der Waals surface area (Å²) in [5.41, 5.74) is 1.03. The number of hydrogen-bond acceptors (Lipinski definition) is 4. The monoisotopic (exact) mass is 458 g/mol. The Morgan fingerprint density at radius 1 is 1.32 bits per heavy atom. The van der Waals surface area contributed by atoms with Gasteiger partial charge in [-0.05, 0) is 66.1 Å². The number of imide groups is 1. The topological polar surface area (TPSA) is 67.9 Å². The van der Waals surface area contributed by atoms with E-state index in [-0.39, 0.29) is 23.7 Å². The lowest BCUT2D eigenvalue weighted by atomic mass is 10.1. The van der Waals surface area contributed by atoms with Crippen LogP contribution in [0.15, 0.2) is 17.8 Å². The van der Waals surface area contributed by atoms with Crippen molar-refractivity contribution in [3.05, 3.63) is 27.0 Å². The molecule has 7 heteroatoms. The minimum absolute atomic E-state index is 0.0740. The minimum atomic E-state index is -0.378. The van der Waals surface area contributed by atoms with Crippen molar-refractivity contribution in [2.24, 2.45) is 0 Å². The lowest BCUT2D eigenvalue weighted by Crippen LogP contribution is -2.31. The molecule has 1 fully saturated rings. The second kappa shape index (κ2) is 8.55. The smallest absolute Gasteiger partial charge is 0.329 e. The molecule has 1 N–H and O–H groups in total. The van der Waals surface area contributed by atoms with E-state index in [1.807, 2.05) is 19.9 Å².